The summed E-state index contributed by atoms with van der Waals surface area (Å²) >= 11 is 11.4. The molecule has 2 aliphatic rings. The van der Waals surface area contributed by atoms with Crippen LogP contribution in [0.3, 0.4) is 0 Å². The summed E-state index contributed by atoms with van der Waals surface area (Å²) in [6.45, 7) is 2.28. The van der Waals surface area contributed by atoms with Gasteiger partial charge in [-0.1, -0.05) is 24.9 Å². The third-order valence-electron chi connectivity index (χ3n) is 4.23. The smallest absolute Gasteiger partial charge is 0.189 e. The monoisotopic (exact) mass is 295 g/mol. The first kappa shape index (κ1) is 13.2. The fourth-order valence-corrected chi connectivity index (χ4v) is 3.46. The van der Waals surface area contributed by atoms with E-state index in [2.05, 4.69) is 17.7 Å². The van der Waals surface area contributed by atoms with Gasteiger partial charge in [0.1, 0.15) is 5.66 Å². The lowest BCUT2D eigenvalue weighted by atomic mass is 9.81. The molecule has 2 unspecified atom stereocenters. The molecule has 102 valence electrons. The van der Waals surface area contributed by atoms with E-state index in [1.807, 2.05) is 29.3 Å². The number of hydrogen-bond acceptors (Lipinski definition) is 2. The lowest BCUT2D eigenvalue weighted by Crippen LogP contribution is -2.57. The molecule has 19 heavy (non-hydrogen) atoms. The fourth-order valence-electron chi connectivity index (χ4n) is 3.00. The van der Waals surface area contributed by atoms with Crippen LogP contribution in [0, 0.1) is 5.92 Å². The van der Waals surface area contributed by atoms with E-state index in [9.17, 15) is 0 Å². The van der Waals surface area contributed by atoms with E-state index in [1.54, 1.807) is 0 Å². The molecule has 2 atom stereocenters. The van der Waals surface area contributed by atoms with Crippen molar-refractivity contribution < 1.29 is 0 Å². The summed E-state index contributed by atoms with van der Waals surface area (Å²) in [6.07, 6.45) is 4.89. The van der Waals surface area contributed by atoms with E-state index in [0.29, 0.717) is 5.92 Å². The standard InChI is InChI=1S/C14H18ClN3S/c1-10-4-2-3-9-14(10)16-13(19)18(17-14)12-7-5-11(15)6-8-12/h5-8,10,17H,2-4,9H2,1H3,(H,16,19). The Labute approximate surface area is 124 Å². The third kappa shape index (κ3) is 2.33. The first-order valence-corrected chi connectivity index (χ1v) is 7.55. The lowest BCUT2D eigenvalue weighted by Gasteiger charge is -2.39. The van der Waals surface area contributed by atoms with Gasteiger partial charge in [-0.2, -0.15) is 0 Å². The molecule has 3 nitrogen and oxygen atoms in total. The molecule has 3 rings (SSSR count). The molecule has 1 aromatic rings. The summed E-state index contributed by atoms with van der Waals surface area (Å²) in [4.78, 5) is 0. The average Bonchev–Trinajstić information content (AvgIpc) is 2.73. The number of anilines is 1. The van der Waals surface area contributed by atoms with Crippen LogP contribution in [0.1, 0.15) is 32.6 Å². The second-order valence-corrected chi connectivity index (χ2v) is 6.30. The summed E-state index contributed by atoms with van der Waals surface area (Å²) in [5, 5.41) is 6.95. The highest BCUT2D eigenvalue weighted by Gasteiger charge is 2.45. The highest BCUT2D eigenvalue weighted by atomic mass is 35.5. The number of nitrogens with zero attached hydrogens (tertiary/aromatic N) is 1. The summed E-state index contributed by atoms with van der Waals surface area (Å²) < 4.78 is 0. The maximum atomic E-state index is 5.93. The molecule has 2 N–H and O–H groups in total. The molecule has 1 aromatic carbocycles. The zero-order valence-electron chi connectivity index (χ0n) is 10.9. The van der Waals surface area contributed by atoms with Crippen LogP contribution in [-0.4, -0.2) is 10.8 Å². The summed E-state index contributed by atoms with van der Waals surface area (Å²) in [5.74, 6) is 0.566. The zero-order chi connectivity index (χ0) is 13.5. The number of hydrogen-bond donors (Lipinski definition) is 2. The molecule has 1 heterocycles. The lowest BCUT2D eigenvalue weighted by molar-refractivity contribution is 0.158. The Morgan fingerprint density at radius 2 is 2.05 bits per heavy atom. The molecule has 1 aliphatic heterocycles. The number of halogens is 1. The molecule has 5 heteroatoms. The van der Waals surface area contributed by atoms with Crippen molar-refractivity contribution >= 4 is 34.6 Å². The van der Waals surface area contributed by atoms with E-state index >= 15 is 0 Å². The van der Waals surface area contributed by atoms with Gasteiger partial charge in [-0.15, -0.1) is 0 Å². The SMILES string of the molecule is CC1CCCCC12NC(=S)N(c1ccc(Cl)cc1)N2. The van der Waals surface area contributed by atoms with Gasteiger partial charge in [-0.25, -0.2) is 5.43 Å². The van der Waals surface area contributed by atoms with Crippen LogP contribution in [0.4, 0.5) is 5.69 Å². The van der Waals surface area contributed by atoms with Crippen molar-refractivity contribution in [1.82, 2.24) is 10.7 Å². The number of thiocarbonyl (C=S) groups is 1. The van der Waals surface area contributed by atoms with E-state index < -0.39 is 0 Å². The Morgan fingerprint density at radius 3 is 2.74 bits per heavy atom. The third-order valence-corrected chi connectivity index (χ3v) is 4.77. The topological polar surface area (TPSA) is 27.3 Å². The Hall–Kier alpha value is -0.840. The molecule has 1 spiro atoms. The van der Waals surface area contributed by atoms with Gasteiger partial charge in [0.05, 0.1) is 5.69 Å². The van der Waals surface area contributed by atoms with Crippen molar-refractivity contribution in [2.24, 2.45) is 5.92 Å². The van der Waals surface area contributed by atoms with Crippen LogP contribution in [0.25, 0.3) is 0 Å². The van der Waals surface area contributed by atoms with Crippen molar-refractivity contribution in [2.75, 3.05) is 5.01 Å². The van der Waals surface area contributed by atoms with Crippen LogP contribution in [0.15, 0.2) is 24.3 Å². The minimum atomic E-state index is -0.0744. The van der Waals surface area contributed by atoms with E-state index in [4.69, 9.17) is 23.8 Å². The van der Waals surface area contributed by atoms with Crippen LogP contribution in [-0.2, 0) is 0 Å². The van der Waals surface area contributed by atoms with E-state index in [0.717, 1.165) is 22.2 Å². The van der Waals surface area contributed by atoms with Crippen molar-refractivity contribution in [1.29, 1.82) is 0 Å². The minimum absolute atomic E-state index is 0.0744. The Morgan fingerprint density at radius 1 is 1.32 bits per heavy atom. The second kappa shape index (κ2) is 4.93. The fraction of sp³-hybridized carbons (Fsp3) is 0.500. The summed E-state index contributed by atoms with van der Waals surface area (Å²) in [6, 6.07) is 7.73. The minimum Gasteiger partial charge on any atom is -0.341 e. The van der Waals surface area contributed by atoms with Crippen molar-refractivity contribution in [3.8, 4) is 0 Å². The molecule has 1 saturated heterocycles. The van der Waals surface area contributed by atoms with Crippen molar-refractivity contribution in [2.45, 2.75) is 38.3 Å². The number of benzene rings is 1. The Bertz CT molecular complexity index is 490. The zero-order valence-corrected chi connectivity index (χ0v) is 12.5. The number of nitrogens with one attached hydrogen (secondary N) is 2. The van der Waals surface area contributed by atoms with Crippen molar-refractivity contribution in [3.63, 3.8) is 0 Å². The molecule has 0 bridgehead atoms. The normalized spacial score (nSPS) is 30.7. The summed E-state index contributed by atoms with van der Waals surface area (Å²) in [5.41, 5.74) is 4.53. The van der Waals surface area contributed by atoms with Crippen LogP contribution < -0.4 is 15.8 Å². The highest BCUT2D eigenvalue weighted by Crippen LogP contribution is 2.35. The second-order valence-electron chi connectivity index (χ2n) is 5.47. The van der Waals surface area contributed by atoms with Gasteiger partial charge in [0, 0.05) is 5.02 Å². The Balaban J connectivity index is 1.85. The van der Waals surface area contributed by atoms with Crippen molar-refractivity contribution in [3.05, 3.63) is 29.3 Å². The van der Waals surface area contributed by atoms with Gasteiger partial charge < -0.3 is 5.32 Å². The molecule has 1 aliphatic carbocycles. The quantitative estimate of drug-likeness (QED) is 0.776. The molecule has 1 saturated carbocycles. The van der Waals surface area contributed by atoms with Gasteiger partial charge in [0.15, 0.2) is 5.11 Å². The predicted octanol–water partition coefficient (Wildman–Crippen LogP) is 3.45. The average molecular weight is 296 g/mol. The van der Waals surface area contributed by atoms with E-state index in [1.165, 1.54) is 19.3 Å². The van der Waals surface area contributed by atoms with Gasteiger partial charge >= 0.3 is 0 Å². The predicted molar refractivity (Wildman–Crippen MR) is 83.2 cm³/mol. The molecular weight excluding hydrogens is 278 g/mol. The summed E-state index contributed by atoms with van der Waals surface area (Å²) in [7, 11) is 0. The largest absolute Gasteiger partial charge is 0.341 e. The van der Waals surface area contributed by atoms with Gasteiger partial charge in [-0.3, -0.25) is 5.01 Å². The van der Waals surface area contributed by atoms with Crippen LogP contribution in [0.2, 0.25) is 5.02 Å². The Kier molecular flexibility index (Phi) is 3.41. The van der Waals surface area contributed by atoms with Crippen LogP contribution in [0.5, 0.6) is 0 Å². The number of hydrazine groups is 1. The van der Waals surface area contributed by atoms with Gasteiger partial charge in [0.2, 0.25) is 0 Å². The molecule has 2 fully saturated rings. The highest BCUT2D eigenvalue weighted by molar-refractivity contribution is 7.80. The van der Waals surface area contributed by atoms with Crippen LogP contribution >= 0.6 is 23.8 Å². The van der Waals surface area contributed by atoms with Gasteiger partial charge in [-0.05, 0) is 61.7 Å². The molecule has 0 aromatic heterocycles. The molecule has 0 radical (unpaired) electrons. The molecule has 0 amide bonds. The number of rotatable bonds is 1. The van der Waals surface area contributed by atoms with E-state index in [-0.39, 0.29) is 5.66 Å². The maximum Gasteiger partial charge on any atom is 0.189 e. The first-order chi connectivity index (χ1) is 9.11. The maximum absolute atomic E-state index is 5.93. The first-order valence-electron chi connectivity index (χ1n) is 6.76. The molecular formula is C14H18ClN3S. The van der Waals surface area contributed by atoms with Gasteiger partial charge in [0.25, 0.3) is 0 Å².